The van der Waals surface area contributed by atoms with Crippen molar-refractivity contribution in [3.63, 3.8) is 0 Å². The summed E-state index contributed by atoms with van der Waals surface area (Å²) in [4.78, 5) is 4.02. The molecule has 0 aliphatic carbocycles. The summed E-state index contributed by atoms with van der Waals surface area (Å²) >= 11 is 3.23. The first-order valence-corrected chi connectivity index (χ1v) is 6.08. The lowest BCUT2D eigenvalue weighted by molar-refractivity contribution is 0.587. The average Bonchev–Trinajstić information content (AvgIpc) is 2.33. The van der Waals surface area contributed by atoms with Crippen LogP contribution in [0.25, 0.3) is 0 Å². The van der Waals surface area contributed by atoms with Crippen molar-refractivity contribution in [3.05, 3.63) is 64.1 Å². The van der Waals surface area contributed by atoms with E-state index in [1.54, 1.807) is 18.5 Å². The highest BCUT2D eigenvalue weighted by atomic mass is 79.9. The molecule has 0 aliphatic heterocycles. The van der Waals surface area contributed by atoms with Gasteiger partial charge in [0, 0.05) is 35.5 Å². The third-order valence-corrected chi connectivity index (χ3v) is 2.88. The fourth-order valence-corrected chi connectivity index (χ4v) is 1.84. The molecule has 1 aromatic carbocycles. The number of aromatic nitrogens is 1. The third kappa shape index (κ3) is 3.61. The van der Waals surface area contributed by atoms with E-state index in [0.29, 0.717) is 18.7 Å². The summed E-state index contributed by atoms with van der Waals surface area (Å²) in [6.45, 7) is 1.19. The lowest BCUT2D eigenvalue weighted by Crippen LogP contribution is -2.13. The van der Waals surface area contributed by atoms with Gasteiger partial charge in [0.15, 0.2) is 0 Å². The number of nitrogens with zero attached hydrogens (tertiary/aromatic N) is 1. The quantitative estimate of drug-likeness (QED) is 0.936. The highest BCUT2D eigenvalue weighted by molar-refractivity contribution is 9.10. The first-order chi connectivity index (χ1) is 8.25. The van der Waals surface area contributed by atoms with E-state index < -0.39 is 0 Å². The van der Waals surface area contributed by atoms with E-state index in [1.165, 1.54) is 6.07 Å². The Bertz CT molecular complexity index is 488. The van der Waals surface area contributed by atoms with Gasteiger partial charge >= 0.3 is 0 Å². The van der Waals surface area contributed by atoms with Gasteiger partial charge < -0.3 is 5.32 Å². The molecular formula is C13H12BrFN2. The first kappa shape index (κ1) is 12.2. The normalized spacial score (nSPS) is 10.5. The van der Waals surface area contributed by atoms with Crippen LogP contribution in [0.2, 0.25) is 0 Å². The molecule has 0 unspecified atom stereocenters. The molecule has 1 N–H and O–H groups in total. The second-order valence-electron chi connectivity index (χ2n) is 3.70. The zero-order chi connectivity index (χ0) is 12.1. The van der Waals surface area contributed by atoms with Crippen molar-refractivity contribution < 1.29 is 4.39 Å². The zero-order valence-corrected chi connectivity index (χ0v) is 10.7. The molecule has 0 saturated heterocycles. The number of halogens is 2. The Kier molecular flexibility index (Phi) is 4.23. The number of nitrogens with one attached hydrogen (secondary N) is 1. The van der Waals surface area contributed by atoms with Gasteiger partial charge in [-0.15, -0.1) is 0 Å². The van der Waals surface area contributed by atoms with Crippen molar-refractivity contribution in [2.75, 3.05) is 0 Å². The van der Waals surface area contributed by atoms with Crippen molar-refractivity contribution >= 4 is 15.9 Å². The molecule has 0 fully saturated rings. The van der Waals surface area contributed by atoms with Gasteiger partial charge in [0.05, 0.1) is 0 Å². The van der Waals surface area contributed by atoms with Gasteiger partial charge in [0.1, 0.15) is 5.82 Å². The molecule has 0 saturated carbocycles. The summed E-state index contributed by atoms with van der Waals surface area (Å²) in [6.07, 6.45) is 3.53. The molecule has 0 atom stereocenters. The summed E-state index contributed by atoms with van der Waals surface area (Å²) < 4.78 is 14.2. The Morgan fingerprint density at radius 3 is 2.82 bits per heavy atom. The van der Waals surface area contributed by atoms with Crippen LogP contribution < -0.4 is 5.32 Å². The molecule has 0 spiro atoms. The number of benzene rings is 1. The second kappa shape index (κ2) is 5.89. The molecule has 0 aliphatic rings. The standard InChI is InChI=1S/C13H12BrFN2/c14-12-4-3-11(13(15)6-12)9-17-8-10-2-1-5-16-7-10/h1-7,17H,8-9H2. The summed E-state index contributed by atoms with van der Waals surface area (Å²) in [6, 6.07) is 8.95. The van der Waals surface area contributed by atoms with Crippen molar-refractivity contribution in [1.82, 2.24) is 10.3 Å². The number of rotatable bonds is 4. The predicted molar refractivity (Wildman–Crippen MR) is 68.9 cm³/mol. The Balaban J connectivity index is 1.90. The maximum atomic E-state index is 13.5. The van der Waals surface area contributed by atoms with E-state index in [4.69, 9.17) is 0 Å². The summed E-state index contributed by atoms with van der Waals surface area (Å²) in [7, 11) is 0. The topological polar surface area (TPSA) is 24.9 Å². The van der Waals surface area contributed by atoms with Gasteiger partial charge in [0.2, 0.25) is 0 Å². The molecular weight excluding hydrogens is 283 g/mol. The highest BCUT2D eigenvalue weighted by Gasteiger charge is 2.02. The second-order valence-corrected chi connectivity index (χ2v) is 4.62. The molecule has 0 bridgehead atoms. The van der Waals surface area contributed by atoms with Crippen LogP contribution in [-0.4, -0.2) is 4.98 Å². The maximum Gasteiger partial charge on any atom is 0.128 e. The highest BCUT2D eigenvalue weighted by Crippen LogP contribution is 2.15. The molecule has 1 aromatic heterocycles. The third-order valence-electron chi connectivity index (χ3n) is 2.38. The monoisotopic (exact) mass is 294 g/mol. The SMILES string of the molecule is Fc1cc(Br)ccc1CNCc1cccnc1. The van der Waals surface area contributed by atoms with Crippen LogP contribution in [0.15, 0.2) is 47.2 Å². The zero-order valence-electron chi connectivity index (χ0n) is 9.16. The van der Waals surface area contributed by atoms with Crippen molar-refractivity contribution in [2.45, 2.75) is 13.1 Å². The van der Waals surface area contributed by atoms with Crippen LogP contribution in [0.4, 0.5) is 4.39 Å². The van der Waals surface area contributed by atoms with Gasteiger partial charge in [-0.05, 0) is 23.8 Å². The minimum absolute atomic E-state index is 0.196. The fraction of sp³-hybridized carbons (Fsp3) is 0.154. The van der Waals surface area contributed by atoms with E-state index in [0.717, 1.165) is 10.0 Å². The van der Waals surface area contributed by atoms with Gasteiger partial charge in [-0.2, -0.15) is 0 Å². The van der Waals surface area contributed by atoms with E-state index >= 15 is 0 Å². The molecule has 17 heavy (non-hydrogen) atoms. The smallest absolute Gasteiger partial charge is 0.128 e. The molecule has 4 heteroatoms. The molecule has 2 rings (SSSR count). The molecule has 2 nitrogen and oxygen atoms in total. The summed E-state index contributed by atoms with van der Waals surface area (Å²) in [5.74, 6) is -0.196. The van der Waals surface area contributed by atoms with Gasteiger partial charge in [-0.1, -0.05) is 28.1 Å². The lowest BCUT2D eigenvalue weighted by atomic mass is 10.2. The van der Waals surface area contributed by atoms with Gasteiger partial charge in [0.25, 0.3) is 0 Å². The molecule has 0 radical (unpaired) electrons. The van der Waals surface area contributed by atoms with Gasteiger partial charge in [-0.25, -0.2) is 4.39 Å². The predicted octanol–water partition coefficient (Wildman–Crippen LogP) is 3.27. The van der Waals surface area contributed by atoms with Gasteiger partial charge in [-0.3, -0.25) is 4.98 Å². The largest absolute Gasteiger partial charge is 0.308 e. The number of hydrogen-bond donors (Lipinski definition) is 1. The summed E-state index contributed by atoms with van der Waals surface area (Å²) in [5, 5.41) is 3.18. The molecule has 0 amide bonds. The summed E-state index contributed by atoms with van der Waals surface area (Å²) in [5.41, 5.74) is 1.75. The van der Waals surface area contributed by atoms with E-state index in [9.17, 15) is 4.39 Å². The Labute approximate surface area is 108 Å². The van der Waals surface area contributed by atoms with Crippen molar-refractivity contribution in [2.24, 2.45) is 0 Å². The van der Waals surface area contributed by atoms with Crippen LogP contribution in [0.3, 0.4) is 0 Å². The molecule has 88 valence electrons. The van der Waals surface area contributed by atoms with Crippen LogP contribution in [0, 0.1) is 5.82 Å². The number of hydrogen-bond acceptors (Lipinski definition) is 2. The maximum absolute atomic E-state index is 13.5. The first-order valence-electron chi connectivity index (χ1n) is 5.29. The molecule has 1 heterocycles. The van der Waals surface area contributed by atoms with Crippen molar-refractivity contribution in [3.8, 4) is 0 Å². The Hall–Kier alpha value is -1.26. The van der Waals surface area contributed by atoms with E-state index in [-0.39, 0.29) is 5.82 Å². The van der Waals surface area contributed by atoms with Crippen LogP contribution in [-0.2, 0) is 13.1 Å². The Morgan fingerprint density at radius 1 is 1.24 bits per heavy atom. The van der Waals surface area contributed by atoms with Crippen LogP contribution in [0.5, 0.6) is 0 Å². The fourth-order valence-electron chi connectivity index (χ4n) is 1.51. The Morgan fingerprint density at radius 2 is 2.12 bits per heavy atom. The lowest BCUT2D eigenvalue weighted by Gasteiger charge is -2.06. The number of pyridine rings is 1. The molecule has 2 aromatic rings. The average molecular weight is 295 g/mol. The van der Waals surface area contributed by atoms with E-state index in [2.05, 4.69) is 26.2 Å². The minimum Gasteiger partial charge on any atom is -0.308 e. The van der Waals surface area contributed by atoms with Crippen LogP contribution in [0.1, 0.15) is 11.1 Å². The minimum atomic E-state index is -0.196. The van der Waals surface area contributed by atoms with Crippen molar-refractivity contribution in [1.29, 1.82) is 0 Å². The van der Waals surface area contributed by atoms with Crippen LogP contribution >= 0.6 is 15.9 Å². The van der Waals surface area contributed by atoms with E-state index in [1.807, 2.05) is 18.2 Å².